The Morgan fingerprint density at radius 3 is 2.33 bits per heavy atom. The van der Waals surface area contributed by atoms with Gasteiger partial charge < -0.3 is 20.3 Å². The van der Waals surface area contributed by atoms with Crippen molar-refractivity contribution in [2.24, 2.45) is 0 Å². The van der Waals surface area contributed by atoms with Crippen LogP contribution < -0.4 is 10.6 Å². The summed E-state index contributed by atoms with van der Waals surface area (Å²) < 4.78 is 4.93. The monoisotopic (exact) mass is 384 g/mol. The van der Waals surface area contributed by atoms with Gasteiger partial charge in [-0.1, -0.05) is 0 Å². The van der Waals surface area contributed by atoms with E-state index >= 15 is 0 Å². The van der Waals surface area contributed by atoms with Gasteiger partial charge in [0.15, 0.2) is 0 Å². The largest absolute Gasteiger partial charge is 0.383 e. The summed E-state index contributed by atoms with van der Waals surface area (Å²) in [5.41, 5.74) is 0. The van der Waals surface area contributed by atoms with E-state index in [4.69, 9.17) is 4.74 Å². The quantitative estimate of drug-likeness (QED) is 0.570. The second kappa shape index (κ2) is 11.9. The first-order chi connectivity index (χ1) is 10.6. The van der Waals surface area contributed by atoms with Gasteiger partial charge in [-0.3, -0.25) is 14.5 Å². The van der Waals surface area contributed by atoms with Crippen LogP contribution >= 0.6 is 24.8 Å². The second-order valence-electron chi connectivity index (χ2n) is 6.05. The number of carbonyl (C=O) groups excluding carboxylic acids is 2. The number of rotatable bonds is 8. The highest BCUT2D eigenvalue weighted by Crippen LogP contribution is 2.19. The van der Waals surface area contributed by atoms with Crippen molar-refractivity contribution in [1.29, 1.82) is 0 Å². The molecule has 1 saturated heterocycles. The van der Waals surface area contributed by atoms with Crippen molar-refractivity contribution in [2.75, 3.05) is 53.0 Å². The van der Waals surface area contributed by atoms with Crippen LogP contribution in [0.15, 0.2) is 0 Å². The van der Waals surface area contributed by atoms with Crippen molar-refractivity contribution in [2.45, 2.75) is 31.8 Å². The molecule has 2 fully saturated rings. The molecule has 24 heavy (non-hydrogen) atoms. The lowest BCUT2D eigenvalue weighted by molar-refractivity contribution is -0.133. The summed E-state index contributed by atoms with van der Waals surface area (Å²) in [7, 11) is 1.64. The number of methoxy groups -OCH3 is 1. The third kappa shape index (κ3) is 7.53. The molecule has 1 aliphatic heterocycles. The lowest BCUT2D eigenvalue weighted by atomic mass is 10.2. The van der Waals surface area contributed by atoms with Gasteiger partial charge in [0.05, 0.1) is 19.2 Å². The molecule has 2 rings (SSSR count). The molecule has 0 spiro atoms. The minimum Gasteiger partial charge on any atom is -0.383 e. The van der Waals surface area contributed by atoms with E-state index in [1.165, 1.54) is 0 Å². The fraction of sp³-hybridized carbons (Fsp3) is 0.867. The zero-order valence-corrected chi connectivity index (χ0v) is 16.1. The number of piperazine rings is 1. The van der Waals surface area contributed by atoms with Gasteiger partial charge in [-0.15, -0.1) is 24.8 Å². The van der Waals surface area contributed by atoms with Crippen LogP contribution in [0.4, 0.5) is 0 Å². The Labute approximate surface area is 156 Å². The summed E-state index contributed by atoms with van der Waals surface area (Å²) in [6, 6.07) is 0.286. The number of nitrogens with zero attached hydrogens (tertiary/aromatic N) is 2. The lowest BCUT2D eigenvalue weighted by Crippen LogP contribution is -2.56. The van der Waals surface area contributed by atoms with Crippen molar-refractivity contribution in [1.82, 2.24) is 20.4 Å². The highest BCUT2D eigenvalue weighted by molar-refractivity contribution is 5.85. The first kappa shape index (κ1) is 23.4. The molecule has 0 aromatic heterocycles. The average molecular weight is 385 g/mol. The highest BCUT2D eigenvalue weighted by Gasteiger charge is 2.30. The van der Waals surface area contributed by atoms with Crippen molar-refractivity contribution in [3.05, 3.63) is 0 Å². The summed E-state index contributed by atoms with van der Waals surface area (Å²) in [5.74, 6) is 0.231. The number of halogens is 2. The number of amides is 2. The van der Waals surface area contributed by atoms with Gasteiger partial charge in [0.25, 0.3) is 0 Å². The number of carbonyl (C=O) groups is 2. The van der Waals surface area contributed by atoms with E-state index < -0.39 is 0 Å². The Hall–Kier alpha value is -0.600. The summed E-state index contributed by atoms with van der Waals surface area (Å²) in [6.07, 6.45) is 2.22. The predicted octanol–water partition coefficient (Wildman–Crippen LogP) is -0.123. The SMILES string of the molecule is COCCNCC(=O)N1CCN(C(C)C(=O)NC2CC2)CC1.Cl.Cl. The standard InChI is InChI=1S/C15H28N4O3.2ClH/c1-12(15(21)17-13-3-4-13)18-6-8-19(9-7-18)14(20)11-16-5-10-22-2;;/h12-13,16H,3-11H2,1-2H3,(H,17,21);2*1H. The second-order valence-corrected chi connectivity index (χ2v) is 6.05. The third-order valence-corrected chi connectivity index (χ3v) is 4.28. The Morgan fingerprint density at radius 1 is 1.17 bits per heavy atom. The average Bonchev–Trinajstić information content (AvgIpc) is 3.34. The third-order valence-electron chi connectivity index (χ3n) is 4.28. The van der Waals surface area contributed by atoms with Crippen LogP contribution in [0.25, 0.3) is 0 Å². The van der Waals surface area contributed by atoms with Crippen LogP contribution in [-0.2, 0) is 14.3 Å². The van der Waals surface area contributed by atoms with Crippen molar-refractivity contribution in [3.8, 4) is 0 Å². The molecule has 9 heteroatoms. The summed E-state index contributed by atoms with van der Waals surface area (Å²) in [5, 5.41) is 6.11. The van der Waals surface area contributed by atoms with Gasteiger partial charge in [0.2, 0.25) is 11.8 Å². The predicted molar refractivity (Wildman–Crippen MR) is 98.0 cm³/mol. The number of hydrogen-bond donors (Lipinski definition) is 2. The van der Waals surface area contributed by atoms with E-state index in [1.54, 1.807) is 7.11 Å². The van der Waals surface area contributed by atoms with E-state index in [9.17, 15) is 9.59 Å². The zero-order valence-electron chi connectivity index (χ0n) is 14.5. The van der Waals surface area contributed by atoms with Crippen molar-refractivity contribution >= 4 is 36.6 Å². The molecule has 0 radical (unpaired) electrons. The van der Waals surface area contributed by atoms with Gasteiger partial charge >= 0.3 is 0 Å². The van der Waals surface area contributed by atoms with Gasteiger partial charge in [-0.25, -0.2) is 0 Å². The van der Waals surface area contributed by atoms with Crippen LogP contribution in [-0.4, -0.2) is 86.7 Å². The molecular formula is C15H30Cl2N4O3. The molecule has 0 bridgehead atoms. The zero-order chi connectivity index (χ0) is 15.9. The molecule has 7 nitrogen and oxygen atoms in total. The Morgan fingerprint density at radius 2 is 1.79 bits per heavy atom. The molecule has 1 atom stereocenters. The molecule has 1 aliphatic carbocycles. The normalized spacial score (nSPS) is 19.0. The number of nitrogens with one attached hydrogen (secondary N) is 2. The lowest BCUT2D eigenvalue weighted by Gasteiger charge is -2.37. The maximum absolute atomic E-state index is 12.1. The van der Waals surface area contributed by atoms with Crippen LogP contribution in [0.5, 0.6) is 0 Å². The summed E-state index contributed by atoms with van der Waals surface area (Å²) >= 11 is 0. The van der Waals surface area contributed by atoms with Gasteiger partial charge in [0.1, 0.15) is 0 Å². The molecule has 142 valence electrons. The first-order valence-corrected chi connectivity index (χ1v) is 8.13. The molecule has 1 heterocycles. The van der Waals surface area contributed by atoms with Crippen LogP contribution in [0, 0.1) is 0 Å². The Bertz CT molecular complexity index is 389. The van der Waals surface area contributed by atoms with E-state index in [1.807, 2.05) is 11.8 Å². The first-order valence-electron chi connectivity index (χ1n) is 8.13. The van der Waals surface area contributed by atoms with Crippen LogP contribution in [0.1, 0.15) is 19.8 Å². The number of ether oxygens (including phenoxy) is 1. The van der Waals surface area contributed by atoms with Gasteiger partial charge in [0, 0.05) is 45.9 Å². The van der Waals surface area contributed by atoms with E-state index in [-0.39, 0.29) is 42.7 Å². The van der Waals surface area contributed by atoms with Crippen LogP contribution in [0.2, 0.25) is 0 Å². The molecule has 1 saturated carbocycles. The fourth-order valence-corrected chi connectivity index (χ4v) is 2.56. The Kier molecular flexibility index (Phi) is 11.6. The van der Waals surface area contributed by atoms with Crippen LogP contribution in [0.3, 0.4) is 0 Å². The molecule has 1 unspecified atom stereocenters. The Balaban J connectivity index is 0.00000264. The maximum atomic E-state index is 12.1. The molecule has 0 aromatic carbocycles. The minimum absolute atomic E-state index is 0. The van der Waals surface area contributed by atoms with E-state index in [0.29, 0.717) is 38.8 Å². The molecule has 2 amide bonds. The molecule has 2 aliphatic rings. The van der Waals surface area contributed by atoms with Gasteiger partial charge in [-0.2, -0.15) is 0 Å². The van der Waals surface area contributed by atoms with Crippen molar-refractivity contribution < 1.29 is 14.3 Å². The smallest absolute Gasteiger partial charge is 0.237 e. The molecule has 2 N–H and O–H groups in total. The minimum atomic E-state index is -0.113. The van der Waals surface area contributed by atoms with Crippen molar-refractivity contribution in [3.63, 3.8) is 0 Å². The fourth-order valence-electron chi connectivity index (χ4n) is 2.56. The van der Waals surface area contributed by atoms with E-state index in [0.717, 1.165) is 25.9 Å². The summed E-state index contributed by atoms with van der Waals surface area (Å²) in [4.78, 5) is 28.1. The van der Waals surface area contributed by atoms with Gasteiger partial charge in [-0.05, 0) is 19.8 Å². The molecule has 0 aromatic rings. The topological polar surface area (TPSA) is 73.9 Å². The maximum Gasteiger partial charge on any atom is 0.237 e. The number of hydrogen-bond acceptors (Lipinski definition) is 5. The summed E-state index contributed by atoms with van der Waals surface area (Å²) in [6.45, 7) is 6.46. The van der Waals surface area contributed by atoms with E-state index in [2.05, 4.69) is 15.5 Å². The molecular weight excluding hydrogens is 355 g/mol. The highest BCUT2D eigenvalue weighted by atomic mass is 35.5.